The van der Waals surface area contributed by atoms with E-state index in [-0.39, 0.29) is 0 Å². The maximum Gasteiger partial charge on any atom is 0.149 e. The molecule has 1 aliphatic rings. The average Bonchev–Trinajstić information content (AvgIpc) is 2.46. The smallest absolute Gasteiger partial charge is 0.149 e. The average molecular weight is 293 g/mol. The SMILES string of the molecule is C[C@@H]1CCCC[C@H]1[NH2+]CC#CCOc1ccc(Cl)cc1. The van der Waals surface area contributed by atoms with Gasteiger partial charge in [-0.25, -0.2) is 0 Å². The molecule has 0 heterocycles. The Balaban J connectivity index is 1.63. The van der Waals surface area contributed by atoms with Gasteiger partial charge in [0, 0.05) is 10.9 Å². The summed E-state index contributed by atoms with van der Waals surface area (Å²) in [5, 5.41) is 3.11. The van der Waals surface area contributed by atoms with E-state index in [4.69, 9.17) is 16.3 Å². The first-order valence-corrected chi connectivity index (χ1v) is 7.81. The standard InChI is InChI=1S/C17H22ClNO/c1-14-6-2-3-7-17(14)19-12-4-5-13-20-16-10-8-15(18)9-11-16/h8-11,14,17,19H,2-3,6-7,12-13H2,1H3/p+1/t14-,17-/m1/s1. The molecule has 1 aromatic carbocycles. The number of hydrogen-bond acceptors (Lipinski definition) is 1. The normalized spacial score (nSPS) is 21.9. The van der Waals surface area contributed by atoms with Gasteiger partial charge in [-0.1, -0.05) is 30.9 Å². The highest BCUT2D eigenvalue weighted by Crippen LogP contribution is 2.21. The maximum absolute atomic E-state index is 5.81. The van der Waals surface area contributed by atoms with E-state index in [1.54, 1.807) is 0 Å². The van der Waals surface area contributed by atoms with Crippen LogP contribution in [0.25, 0.3) is 0 Å². The summed E-state index contributed by atoms with van der Waals surface area (Å²) < 4.78 is 5.53. The Kier molecular flexibility index (Phi) is 6.24. The highest BCUT2D eigenvalue weighted by molar-refractivity contribution is 6.30. The van der Waals surface area contributed by atoms with Gasteiger partial charge < -0.3 is 10.1 Å². The van der Waals surface area contributed by atoms with Gasteiger partial charge in [0.1, 0.15) is 18.9 Å². The van der Waals surface area contributed by atoms with Crippen molar-refractivity contribution in [3.63, 3.8) is 0 Å². The Morgan fingerprint density at radius 3 is 2.70 bits per heavy atom. The molecule has 2 atom stereocenters. The zero-order chi connectivity index (χ0) is 14.2. The number of nitrogens with two attached hydrogens (primary N) is 1. The van der Waals surface area contributed by atoms with Crippen LogP contribution in [0.1, 0.15) is 32.6 Å². The van der Waals surface area contributed by atoms with E-state index in [0.717, 1.165) is 29.3 Å². The Bertz CT molecular complexity index is 460. The molecule has 0 unspecified atom stereocenters. The van der Waals surface area contributed by atoms with Gasteiger partial charge >= 0.3 is 0 Å². The Morgan fingerprint density at radius 2 is 1.95 bits per heavy atom. The molecule has 2 nitrogen and oxygen atoms in total. The van der Waals surface area contributed by atoms with Gasteiger partial charge in [0.05, 0.1) is 6.04 Å². The molecule has 1 aromatic rings. The van der Waals surface area contributed by atoms with Crippen molar-refractivity contribution in [1.82, 2.24) is 0 Å². The van der Waals surface area contributed by atoms with Gasteiger partial charge in [-0.2, -0.15) is 0 Å². The summed E-state index contributed by atoms with van der Waals surface area (Å²) in [6, 6.07) is 8.13. The second-order valence-corrected chi connectivity index (χ2v) is 5.90. The molecule has 2 N–H and O–H groups in total. The minimum absolute atomic E-state index is 0.440. The van der Waals surface area contributed by atoms with Gasteiger partial charge in [-0.05, 0) is 49.4 Å². The lowest BCUT2D eigenvalue weighted by atomic mass is 9.86. The zero-order valence-electron chi connectivity index (χ0n) is 12.1. The zero-order valence-corrected chi connectivity index (χ0v) is 12.8. The maximum atomic E-state index is 5.81. The second kappa shape index (κ2) is 8.19. The lowest BCUT2D eigenvalue weighted by molar-refractivity contribution is -0.688. The number of ether oxygens (including phenoxy) is 1. The minimum Gasteiger partial charge on any atom is -0.481 e. The molecule has 1 aliphatic carbocycles. The topological polar surface area (TPSA) is 25.8 Å². The molecule has 0 spiro atoms. The monoisotopic (exact) mass is 292 g/mol. The molecular formula is C17H23ClNO+. The van der Waals surface area contributed by atoms with Crippen LogP contribution in [0.4, 0.5) is 0 Å². The van der Waals surface area contributed by atoms with Gasteiger partial charge in [-0.15, -0.1) is 0 Å². The van der Waals surface area contributed by atoms with Crippen LogP contribution in [0.3, 0.4) is 0 Å². The summed E-state index contributed by atoms with van der Waals surface area (Å²) in [7, 11) is 0. The molecule has 0 aromatic heterocycles. The van der Waals surface area contributed by atoms with E-state index in [0.29, 0.717) is 6.61 Å². The van der Waals surface area contributed by atoms with Crippen molar-refractivity contribution in [3.8, 4) is 17.6 Å². The predicted molar refractivity (Wildman–Crippen MR) is 82.9 cm³/mol. The fourth-order valence-corrected chi connectivity index (χ4v) is 2.80. The van der Waals surface area contributed by atoms with Crippen molar-refractivity contribution in [2.75, 3.05) is 13.2 Å². The van der Waals surface area contributed by atoms with Crippen LogP contribution in [-0.2, 0) is 0 Å². The number of rotatable bonds is 4. The minimum atomic E-state index is 0.440. The summed E-state index contributed by atoms with van der Waals surface area (Å²) in [6.07, 6.45) is 5.48. The summed E-state index contributed by atoms with van der Waals surface area (Å²) in [6.45, 7) is 3.67. The highest BCUT2D eigenvalue weighted by atomic mass is 35.5. The third-order valence-corrected chi connectivity index (χ3v) is 4.20. The summed E-state index contributed by atoms with van der Waals surface area (Å²) in [5.74, 6) is 7.89. The van der Waals surface area contributed by atoms with E-state index in [1.165, 1.54) is 25.7 Å². The predicted octanol–water partition coefficient (Wildman–Crippen LogP) is 2.86. The van der Waals surface area contributed by atoms with Crippen LogP contribution < -0.4 is 10.1 Å². The van der Waals surface area contributed by atoms with Crippen LogP contribution in [0.2, 0.25) is 5.02 Å². The van der Waals surface area contributed by atoms with E-state index in [2.05, 4.69) is 24.1 Å². The lowest BCUT2D eigenvalue weighted by Crippen LogP contribution is -2.91. The first-order chi connectivity index (χ1) is 9.75. The van der Waals surface area contributed by atoms with Crippen molar-refractivity contribution in [1.29, 1.82) is 0 Å². The Labute approximate surface area is 126 Å². The van der Waals surface area contributed by atoms with Crippen LogP contribution >= 0.6 is 11.6 Å². The molecule has 2 rings (SSSR count). The molecule has 0 aliphatic heterocycles. The first-order valence-electron chi connectivity index (χ1n) is 7.43. The van der Waals surface area contributed by atoms with Crippen molar-refractivity contribution in [2.24, 2.45) is 5.92 Å². The lowest BCUT2D eigenvalue weighted by Gasteiger charge is -2.25. The van der Waals surface area contributed by atoms with E-state index < -0.39 is 0 Å². The molecule has 108 valence electrons. The number of hydrogen-bond donors (Lipinski definition) is 1. The van der Waals surface area contributed by atoms with E-state index in [9.17, 15) is 0 Å². The van der Waals surface area contributed by atoms with E-state index in [1.807, 2.05) is 24.3 Å². The van der Waals surface area contributed by atoms with Crippen LogP contribution in [0.5, 0.6) is 5.75 Å². The fraction of sp³-hybridized carbons (Fsp3) is 0.529. The molecular weight excluding hydrogens is 270 g/mol. The molecule has 0 amide bonds. The Morgan fingerprint density at radius 1 is 1.20 bits per heavy atom. The van der Waals surface area contributed by atoms with Gasteiger partial charge in [0.15, 0.2) is 0 Å². The second-order valence-electron chi connectivity index (χ2n) is 5.46. The molecule has 20 heavy (non-hydrogen) atoms. The van der Waals surface area contributed by atoms with Gasteiger partial charge in [0.25, 0.3) is 0 Å². The fourth-order valence-electron chi connectivity index (χ4n) is 2.68. The van der Waals surface area contributed by atoms with Crippen LogP contribution in [0.15, 0.2) is 24.3 Å². The van der Waals surface area contributed by atoms with Gasteiger partial charge in [0.2, 0.25) is 0 Å². The number of quaternary nitrogens is 1. The first kappa shape index (κ1) is 15.2. The third-order valence-electron chi connectivity index (χ3n) is 3.95. The third kappa shape index (κ3) is 5.07. The molecule has 0 saturated heterocycles. The van der Waals surface area contributed by atoms with Crippen molar-refractivity contribution in [2.45, 2.75) is 38.6 Å². The van der Waals surface area contributed by atoms with Crippen molar-refractivity contribution < 1.29 is 10.1 Å². The van der Waals surface area contributed by atoms with Gasteiger partial charge in [-0.3, -0.25) is 0 Å². The summed E-state index contributed by atoms with van der Waals surface area (Å²) in [5.41, 5.74) is 0. The summed E-state index contributed by atoms with van der Waals surface area (Å²) in [4.78, 5) is 0. The molecule has 3 heteroatoms. The molecule has 1 fully saturated rings. The molecule has 1 saturated carbocycles. The highest BCUT2D eigenvalue weighted by Gasteiger charge is 2.23. The van der Waals surface area contributed by atoms with Crippen molar-refractivity contribution >= 4 is 11.6 Å². The van der Waals surface area contributed by atoms with Crippen LogP contribution in [0, 0.1) is 17.8 Å². The largest absolute Gasteiger partial charge is 0.481 e. The Hall–Kier alpha value is -1.17. The van der Waals surface area contributed by atoms with E-state index >= 15 is 0 Å². The van der Waals surface area contributed by atoms with Crippen molar-refractivity contribution in [3.05, 3.63) is 29.3 Å². The van der Waals surface area contributed by atoms with Crippen LogP contribution in [-0.4, -0.2) is 19.2 Å². The quantitative estimate of drug-likeness (QED) is 0.849. The summed E-state index contributed by atoms with van der Waals surface area (Å²) >= 11 is 5.81. The molecule has 0 bridgehead atoms. The molecule has 0 radical (unpaired) electrons. The number of benzene rings is 1. The number of halogens is 1.